The van der Waals surface area contributed by atoms with Crippen LogP contribution in [-0.4, -0.2) is 35.3 Å². The fourth-order valence-electron chi connectivity index (χ4n) is 1.61. The largest absolute Gasteiger partial charge is 0.477 e. The zero-order chi connectivity index (χ0) is 15.9. The van der Waals surface area contributed by atoms with E-state index in [4.69, 9.17) is 9.84 Å². The fraction of sp³-hybridized carbons (Fsp3) is 0.0667. The molecule has 2 rings (SSSR count). The van der Waals surface area contributed by atoms with Crippen LogP contribution in [0, 0.1) is 0 Å². The van der Waals surface area contributed by atoms with E-state index in [-0.39, 0.29) is 10.9 Å². The molecule has 7 heteroatoms. The van der Waals surface area contributed by atoms with E-state index < -0.39 is 5.97 Å². The van der Waals surface area contributed by atoms with Crippen molar-refractivity contribution >= 4 is 29.5 Å². The highest BCUT2D eigenvalue weighted by Gasteiger charge is 2.14. The predicted octanol–water partition coefficient (Wildman–Crippen LogP) is 3.13. The zero-order valence-corrected chi connectivity index (χ0v) is 12.6. The summed E-state index contributed by atoms with van der Waals surface area (Å²) < 4.78 is 5.62. The maximum Gasteiger partial charge on any atom is 0.345 e. The van der Waals surface area contributed by atoms with Crippen molar-refractivity contribution in [3.05, 3.63) is 47.3 Å². The van der Waals surface area contributed by atoms with Crippen molar-refractivity contribution in [3.63, 3.8) is 0 Å². The molecular weight excluding hydrogens is 302 g/mol. The second-order valence-electron chi connectivity index (χ2n) is 3.98. The van der Waals surface area contributed by atoms with Gasteiger partial charge in [-0.25, -0.2) is 14.8 Å². The lowest BCUT2D eigenvalue weighted by Crippen LogP contribution is -2.06. The standard InChI is InChI=1S/C15H13N3O3S/c1-3-6-18-15(16-2)21-11-5-4-7-17-13(11)10-8-12(14(19)20)22-9-10/h3-9H,1H2,2H3,(H,19,20)/b16-15?,18-6-. The summed E-state index contributed by atoms with van der Waals surface area (Å²) in [6.07, 6.45) is 4.58. The van der Waals surface area contributed by atoms with Crippen LogP contribution in [0.3, 0.4) is 0 Å². The highest BCUT2D eigenvalue weighted by Crippen LogP contribution is 2.31. The van der Waals surface area contributed by atoms with E-state index in [1.165, 1.54) is 12.3 Å². The first-order valence-corrected chi connectivity index (χ1v) is 7.10. The molecule has 1 N–H and O–H groups in total. The number of aromatic carboxylic acids is 1. The van der Waals surface area contributed by atoms with Crippen LogP contribution in [0.2, 0.25) is 0 Å². The Morgan fingerprint density at radius 1 is 1.55 bits per heavy atom. The molecule has 0 aromatic carbocycles. The van der Waals surface area contributed by atoms with Crippen molar-refractivity contribution < 1.29 is 14.6 Å². The van der Waals surface area contributed by atoms with Gasteiger partial charge in [-0.1, -0.05) is 12.7 Å². The van der Waals surface area contributed by atoms with Gasteiger partial charge in [-0.2, -0.15) is 0 Å². The molecule has 6 nitrogen and oxygen atoms in total. The Hall–Kier alpha value is -2.80. The van der Waals surface area contributed by atoms with Crippen LogP contribution >= 0.6 is 11.3 Å². The number of thiophene rings is 1. The summed E-state index contributed by atoms with van der Waals surface area (Å²) in [4.78, 5) is 23.4. The van der Waals surface area contributed by atoms with Gasteiger partial charge in [0.25, 0.3) is 0 Å². The molecule has 2 heterocycles. The topological polar surface area (TPSA) is 84.1 Å². The summed E-state index contributed by atoms with van der Waals surface area (Å²) in [6.45, 7) is 3.53. The molecule has 0 aliphatic carbocycles. The summed E-state index contributed by atoms with van der Waals surface area (Å²) in [5.41, 5.74) is 1.20. The molecule has 0 radical (unpaired) electrons. The number of aliphatic imine (C=N–C) groups is 2. The number of carbonyl (C=O) groups is 1. The number of ether oxygens (including phenoxy) is 1. The molecule has 112 valence electrons. The van der Waals surface area contributed by atoms with Crippen molar-refractivity contribution in [2.75, 3.05) is 7.05 Å². The molecule has 0 saturated carbocycles. The summed E-state index contributed by atoms with van der Waals surface area (Å²) in [5.74, 6) is -0.528. The first-order valence-electron chi connectivity index (χ1n) is 6.22. The highest BCUT2D eigenvalue weighted by atomic mass is 32.1. The maximum absolute atomic E-state index is 11.0. The molecule has 0 spiro atoms. The molecule has 0 atom stereocenters. The minimum atomic E-state index is -0.971. The van der Waals surface area contributed by atoms with Crippen LogP contribution < -0.4 is 4.74 Å². The monoisotopic (exact) mass is 315 g/mol. The van der Waals surface area contributed by atoms with Crippen LogP contribution in [0.25, 0.3) is 11.3 Å². The van der Waals surface area contributed by atoms with Crippen LogP contribution in [0.4, 0.5) is 0 Å². The van der Waals surface area contributed by atoms with Crippen LogP contribution in [0.1, 0.15) is 9.67 Å². The smallest absolute Gasteiger partial charge is 0.345 e. The molecule has 0 amide bonds. The molecule has 0 aliphatic heterocycles. The number of pyridine rings is 1. The number of amidine groups is 1. The number of rotatable bonds is 4. The molecule has 22 heavy (non-hydrogen) atoms. The Morgan fingerprint density at radius 3 is 3.00 bits per heavy atom. The van der Waals surface area contributed by atoms with Gasteiger partial charge in [-0.05, 0) is 18.2 Å². The first-order chi connectivity index (χ1) is 10.7. The van der Waals surface area contributed by atoms with Crippen LogP contribution in [0.15, 0.2) is 52.4 Å². The van der Waals surface area contributed by atoms with Crippen molar-refractivity contribution in [1.82, 2.24) is 4.98 Å². The number of carboxylic acid groups (broad SMARTS) is 1. The van der Waals surface area contributed by atoms with E-state index in [9.17, 15) is 4.79 Å². The number of carboxylic acids is 1. The van der Waals surface area contributed by atoms with E-state index in [2.05, 4.69) is 21.5 Å². The van der Waals surface area contributed by atoms with Gasteiger partial charge >= 0.3 is 12.0 Å². The molecule has 0 bridgehead atoms. The molecular formula is C15H13N3O3S. The van der Waals surface area contributed by atoms with E-state index in [0.717, 1.165) is 11.3 Å². The van der Waals surface area contributed by atoms with Gasteiger partial charge in [0, 0.05) is 30.4 Å². The van der Waals surface area contributed by atoms with E-state index >= 15 is 0 Å². The van der Waals surface area contributed by atoms with Gasteiger partial charge in [-0.3, -0.25) is 4.98 Å². The van der Waals surface area contributed by atoms with Crippen molar-refractivity contribution in [2.45, 2.75) is 0 Å². The summed E-state index contributed by atoms with van der Waals surface area (Å²) in [5, 5.41) is 10.7. The lowest BCUT2D eigenvalue weighted by molar-refractivity contribution is 0.0702. The molecule has 0 unspecified atom stereocenters. The van der Waals surface area contributed by atoms with Crippen LogP contribution in [0.5, 0.6) is 5.75 Å². The molecule has 2 aromatic heterocycles. The highest BCUT2D eigenvalue weighted by molar-refractivity contribution is 7.12. The van der Waals surface area contributed by atoms with Crippen LogP contribution in [-0.2, 0) is 0 Å². The predicted molar refractivity (Wildman–Crippen MR) is 87.2 cm³/mol. The Balaban J connectivity index is 2.35. The molecule has 2 aromatic rings. The third-order valence-electron chi connectivity index (χ3n) is 2.54. The number of hydrogen-bond acceptors (Lipinski definition) is 5. The summed E-state index contributed by atoms with van der Waals surface area (Å²) >= 11 is 1.13. The van der Waals surface area contributed by atoms with Crippen molar-refractivity contribution in [3.8, 4) is 17.0 Å². The van der Waals surface area contributed by atoms with Crippen molar-refractivity contribution in [1.29, 1.82) is 0 Å². The quantitative estimate of drug-likeness (QED) is 0.694. The minimum Gasteiger partial charge on any atom is -0.477 e. The number of allylic oxidation sites excluding steroid dienone is 1. The average molecular weight is 315 g/mol. The molecule has 0 fully saturated rings. The minimum absolute atomic E-state index is 0.155. The second-order valence-corrected chi connectivity index (χ2v) is 4.89. The summed E-state index contributed by atoms with van der Waals surface area (Å²) in [7, 11) is 1.55. The van der Waals surface area contributed by atoms with E-state index in [1.54, 1.807) is 36.8 Å². The lowest BCUT2D eigenvalue weighted by Gasteiger charge is -2.07. The van der Waals surface area contributed by atoms with Gasteiger partial charge in [-0.15, -0.1) is 11.3 Å². The lowest BCUT2D eigenvalue weighted by atomic mass is 10.2. The second kappa shape index (κ2) is 7.28. The van der Waals surface area contributed by atoms with Gasteiger partial charge in [0.15, 0.2) is 5.75 Å². The van der Waals surface area contributed by atoms with Gasteiger partial charge < -0.3 is 9.84 Å². The fourth-order valence-corrected chi connectivity index (χ4v) is 2.34. The molecule has 0 aliphatic rings. The average Bonchev–Trinajstić information content (AvgIpc) is 3.02. The van der Waals surface area contributed by atoms with E-state index in [0.29, 0.717) is 17.0 Å². The molecule has 0 saturated heterocycles. The Morgan fingerprint density at radius 2 is 2.36 bits per heavy atom. The SMILES string of the molecule is C=C/C=N\C(=NC)Oc1cccnc1-c1csc(C(=O)O)c1. The number of nitrogens with zero attached hydrogens (tertiary/aromatic N) is 3. The third kappa shape index (κ3) is 3.64. The Labute approximate surface area is 131 Å². The van der Waals surface area contributed by atoms with Gasteiger partial charge in [0.05, 0.1) is 0 Å². The van der Waals surface area contributed by atoms with Gasteiger partial charge in [0.1, 0.15) is 10.6 Å². The number of aromatic nitrogens is 1. The van der Waals surface area contributed by atoms with Gasteiger partial charge in [0.2, 0.25) is 0 Å². The Bertz CT molecular complexity index is 750. The van der Waals surface area contributed by atoms with E-state index in [1.807, 2.05) is 0 Å². The van der Waals surface area contributed by atoms with Crippen molar-refractivity contribution in [2.24, 2.45) is 9.98 Å². The maximum atomic E-state index is 11.0. The zero-order valence-electron chi connectivity index (χ0n) is 11.8. The Kier molecular flexibility index (Phi) is 5.16. The third-order valence-corrected chi connectivity index (χ3v) is 3.46. The summed E-state index contributed by atoms with van der Waals surface area (Å²) in [6, 6.07) is 5.14. The number of hydrogen-bond donors (Lipinski definition) is 1. The first kappa shape index (κ1) is 15.6. The normalized spacial score (nSPS) is 11.6.